The molecule has 2 aromatic rings. The maximum atomic E-state index is 11.6. The number of carbonyl (C=O) groups is 1. The maximum Gasteiger partial charge on any atom is 0.338 e. The van der Waals surface area contributed by atoms with Crippen molar-refractivity contribution in [3.8, 4) is 0 Å². The fraction of sp³-hybridized carbons (Fsp3) is 0.417. The molecule has 0 aliphatic heterocycles. The van der Waals surface area contributed by atoms with E-state index in [9.17, 15) is 4.79 Å². The maximum absolute atomic E-state index is 11.6. The molecule has 0 atom stereocenters. The average molecular weight is 231 g/mol. The van der Waals surface area contributed by atoms with Crippen LogP contribution in [0.1, 0.15) is 40.6 Å². The van der Waals surface area contributed by atoms with E-state index < -0.39 is 0 Å². The molecule has 1 saturated carbocycles. The van der Waals surface area contributed by atoms with E-state index in [4.69, 9.17) is 4.74 Å². The number of hydrogen-bond donors (Lipinski definition) is 0. The fourth-order valence-electron chi connectivity index (χ4n) is 2.11. The highest BCUT2D eigenvalue weighted by Crippen LogP contribution is 2.40. The summed E-state index contributed by atoms with van der Waals surface area (Å²) in [4.78, 5) is 11.6. The van der Waals surface area contributed by atoms with Crippen LogP contribution in [0.15, 0.2) is 12.1 Å². The highest BCUT2D eigenvalue weighted by Gasteiger charge is 2.28. The minimum atomic E-state index is -0.324. The molecule has 0 N–H and O–H groups in total. The van der Waals surface area contributed by atoms with Gasteiger partial charge >= 0.3 is 5.97 Å². The van der Waals surface area contributed by atoms with Crippen molar-refractivity contribution >= 4 is 11.6 Å². The second-order valence-electron chi connectivity index (χ2n) is 4.38. The van der Waals surface area contributed by atoms with Gasteiger partial charge < -0.3 is 4.74 Å². The van der Waals surface area contributed by atoms with Crippen molar-refractivity contribution < 1.29 is 9.53 Å². The standard InChI is InChI=1S/C12H13N3O2/c1-7-13-14-11-6-9(12(16)17-2)5-10(15(7)11)8-3-4-8/h5-6,8H,3-4H2,1-2H3. The second-order valence-corrected chi connectivity index (χ2v) is 4.38. The van der Waals surface area contributed by atoms with Gasteiger partial charge in [-0.2, -0.15) is 0 Å². The van der Waals surface area contributed by atoms with E-state index in [1.807, 2.05) is 17.4 Å². The van der Waals surface area contributed by atoms with Crippen molar-refractivity contribution in [2.75, 3.05) is 7.11 Å². The summed E-state index contributed by atoms with van der Waals surface area (Å²) >= 11 is 0. The Morgan fingerprint density at radius 3 is 2.82 bits per heavy atom. The summed E-state index contributed by atoms with van der Waals surface area (Å²) in [6.45, 7) is 1.92. The SMILES string of the molecule is COC(=O)c1cc(C2CC2)n2c(C)nnc2c1. The van der Waals surface area contributed by atoms with E-state index in [-0.39, 0.29) is 5.97 Å². The molecule has 2 heterocycles. The van der Waals surface area contributed by atoms with Crippen LogP contribution >= 0.6 is 0 Å². The van der Waals surface area contributed by atoms with Crippen LogP contribution in [0.4, 0.5) is 0 Å². The summed E-state index contributed by atoms with van der Waals surface area (Å²) < 4.78 is 6.77. The van der Waals surface area contributed by atoms with Gasteiger partial charge in [-0.25, -0.2) is 4.79 Å². The minimum absolute atomic E-state index is 0.324. The van der Waals surface area contributed by atoms with Crippen molar-refractivity contribution in [1.29, 1.82) is 0 Å². The summed E-state index contributed by atoms with van der Waals surface area (Å²) in [5.74, 6) is 1.06. The molecular formula is C12H13N3O2. The summed E-state index contributed by atoms with van der Waals surface area (Å²) in [6.07, 6.45) is 2.33. The zero-order valence-corrected chi connectivity index (χ0v) is 9.80. The second kappa shape index (κ2) is 3.55. The third kappa shape index (κ3) is 1.58. The normalized spacial score (nSPS) is 15.2. The number of esters is 1. The van der Waals surface area contributed by atoms with Crippen LogP contribution in [0.3, 0.4) is 0 Å². The molecule has 88 valence electrons. The lowest BCUT2D eigenvalue weighted by Gasteiger charge is -2.07. The number of ether oxygens (including phenoxy) is 1. The Morgan fingerprint density at radius 2 is 2.18 bits per heavy atom. The van der Waals surface area contributed by atoms with Gasteiger partial charge in [0, 0.05) is 5.69 Å². The molecule has 0 saturated heterocycles. The molecule has 1 aliphatic rings. The van der Waals surface area contributed by atoms with Gasteiger partial charge in [0.1, 0.15) is 5.82 Å². The lowest BCUT2D eigenvalue weighted by atomic mass is 10.1. The molecule has 1 fully saturated rings. The highest BCUT2D eigenvalue weighted by atomic mass is 16.5. The Bertz CT molecular complexity index is 599. The Labute approximate surface area is 98.4 Å². The van der Waals surface area contributed by atoms with Crippen molar-refractivity contribution in [3.05, 3.63) is 29.2 Å². The first kappa shape index (κ1) is 10.3. The van der Waals surface area contributed by atoms with Gasteiger partial charge in [0.15, 0.2) is 5.65 Å². The van der Waals surface area contributed by atoms with Gasteiger partial charge in [0.2, 0.25) is 0 Å². The Kier molecular flexibility index (Phi) is 2.14. The van der Waals surface area contributed by atoms with E-state index >= 15 is 0 Å². The van der Waals surface area contributed by atoms with Crippen LogP contribution in [-0.4, -0.2) is 27.7 Å². The van der Waals surface area contributed by atoms with Crippen LogP contribution in [0.5, 0.6) is 0 Å². The number of methoxy groups -OCH3 is 1. The largest absolute Gasteiger partial charge is 0.465 e. The van der Waals surface area contributed by atoms with Crippen molar-refractivity contribution in [2.45, 2.75) is 25.7 Å². The molecular weight excluding hydrogens is 218 g/mol. The van der Waals surface area contributed by atoms with E-state index in [2.05, 4.69) is 10.2 Å². The Balaban J connectivity index is 2.25. The predicted molar refractivity (Wildman–Crippen MR) is 61.0 cm³/mol. The third-order valence-corrected chi connectivity index (χ3v) is 3.11. The topological polar surface area (TPSA) is 56.5 Å². The molecule has 0 radical (unpaired) electrons. The van der Waals surface area contributed by atoms with Crippen LogP contribution < -0.4 is 0 Å². The first-order chi connectivity index (χ1) is 8.20. The zero-order valence-electron chi connectivity index (χ0n) is 9.80. The van der Waals surface area contributed by atoms with Crippen molar-refractivity contribution in [2.24, 2.45) is 0 Å². The van der Waals surface area contributed by atoms with E-state index in [0.717, 1.165) is 24.4 Å². The van der Waals surface area contributed by atoms with Gasteiger partial charge in [-0.15, -0.1) is 10.2 Å². The summed E-state index contributed by atoms with van der Waals surface area (Å²) in [6, 6.07) is 3.62. The third-order valence-electron chi connectivity index (χ3n) is 3.11. The number of nitrogens with zero attached hydrogens (tertiary/aromatic N) is 3. The van der Waals surface area contributed by atoms with E-state index in [1.54, 1.807) is 6.07 Å². The summed E-state index contributed by atoms with van der Waals surface area (Å²) in [5.41, 5.74) is 2.38. The molecule has 0 amide bonds. The molecule has 5 heteroatoms. The van der Waals surface area contributed by atoms with Crippen molar-refractivity contribution in [3.63, 3.8) is 0 Å². The molecule has 17 heavy (non-hydrogen) atoms. The molecule has 2 aromatic heterocycles. The monoisotopic (exact) mass is 231 g/mol. The van der Waals surface area contributed by atoms with Gasteiger partial charge in [-0.3, -0.25) is 4.40 Å². The van der Waals surface area contributed by atoms with Crippen LogP contribution in [0.2, 0.25) is 0 Å². The minimum Gasteiger partial charge on any atom is -0.465 e. The number of fused-ring (bicyclic) bond motifs is 1. The van der Waals surface area contributed by atoms with Crippen LogP contribution in [0.25, 0.3) is 5.65 Å². The molecule has 0 spiro atoms. The van der Waals surface area contributed by atoms with Crippen molar-refractivity contribution in [1.82, 2.24) is 14.6 Å². The average Bonchev–Trinajstić information content (AvgIpc) is 3.12. The Hall–Kier alpha value is -1.91. The predicted octanol–water partition coefficient (Wildman–Crippen LogP) is 1.70. The Morgan fingerprint density at radius 1 is 1.41 bits per heavy atom. The molecule has 5 nitrogen and oxygen atoms in total. The number of carbonyl (C=O) groups excluding carboxylic acids is 1. The highest BCUT2D eigenvalue weighted by molar-refractivity contribution is 5.90. The number of rotatable bonds is 2. The van der Waals surface area contributed by atoms with Gasteiger partial charge in [0.05, 0.1) is 12.7 Å². The molecule has 0 bridgehead atoms. The number of pyridine rings is 1. The number of aryl methyl sites for hydroxylation is 1. The molecule has 3 rings (SSSR count). The molecule has 0 aromatic carbocycles. The quantitative estimate of drug-likeness (QED) is 0.738. The van der Waals surface area contributed by atoms with Gasteiger partial charge in [-0.05, 0) is 37.8 Å². The number of hydrogen-bond acceptors (Lipinski definition) is 4. The lowest BCUT2D eigenvalue weighted by molar-refractivity contribution is 0.0600. The first-order valence-corrected chi connectivity index (χ1v) is 5.64. The fourth-order valence-corrected chi connectivity index (χ4v) is 2.11. The van der Waals surface area contributed by atoms with E-state index in [1.165, 1.54) is 7.11 Å². The van der Waals surface area contributed by atoms with Gasteiger partial charge in [0.25, 0.3) is 0 Å². The first-order valence-electron chi connectivity index (χ1n) is 5.64. The van der Waals surface area contributed by atoms with Crippen LogP contribution in [0, 0.1) is 6.92 Å². The number of aromatic nitrogens is 3. The van der Waals surface area contributed by atoms with E-state index in [0.29, 0.717) is 17.1 Å². The molecule has 1 aliphatic carbocycles. The molecule has 0 unspecified atom stereocenters. The summed E-state index contributed by atoms with van der Waals surface area (Å²) in [7, 11) is 1.39. The smallest absolute Gasteiger partial charge is 0.338 e. The summed E-state index contributed by atoms with van der Waals surface area (Å²) in [5, 5.41) is 8.13. The van der Waals surface area contributed by atoms with Gasteiger partial charge in [-0.1, -0.05) is 0 Å². The zero-order chi connectivity index (χ0) is 12.0. The lowest BCUT2D eigenvalue weighted by Crippen LogP contribution is -2.06. The van der Waals surface area contributed by atoms with Crippen LogP contribution in [-0.2, 0) is 4.74 Å².